The Kier molecular flexibility index (Phi) is 3.54. The first-order chi connectivity index (χ1) is 7.34. The number of anilines is 1. The van der Waals surface area contributed by atoms with Crippen LogP contribution >= 0.6 is 0 Å². The van der Waals surface area contributed by atoms with Crippen molar-refractivity contribution in [2.45, 2.75) is 11.3 Å². The van der Waals surface area contributed by atoms with Crippen molar-refractivity contribution in [1.29, 1.82) is 0 Å². The molecule has 0 aliphatic rings. The van der Waals surface area contributed by atoms with Gasteiger partial charge in [0, 0.05) is 6.26 Å². The Morgan fingerprint density at radius 2 is 2.06 bits per heavy atom. The maximum Gasteiger partial charge on any atom is 0.309 e. The van der Waals surface area contributed by atoms with Crippen LogP contribution in [0.5, 0.6) is 0 Å². The van der Waals surface area contributed by atoms with E-state index in [1.54, 1.807) is 6.07 Å². The van der Waals surface area contributed by atoms with Gasteiger partial charge in [-0.05, 0) is 17.7 Å². The van der Waals surface area contributed by atoms with Crippen molar-refractivity contribution in [2.75, 3.05) is 19.1 Å². The number of carbonyl (C=O) groups excluding carboxylic acids is 1. The summed E-state index contributed by atoms with van der Waals surface area (Å²) < 4.78 is 27.2. The van der Waals surface area contributed by atoms with E-state index < -0.39 is 15.8 Å². The molecule has 0 aliphatic carbocycles. The van der Waals surface area contributed by atoms with Crippen LogP contribution in [-0.2, 0) is 25.8 Å². The molecule has 1 aromatic carbocycles. The Bertz CT molecular complexity index is 508. The van der Waals surface area contributed by atoms with E-state index in [0.29, 0.717) is 5.56 Å². The summed E-state index contributed by atoms with van der Waals surface area (Å²) >= 11 is 0. The van der Waals surface area contributed by atoms with Crippen molar-refractivity contribution < 1.29 is 17.9 Å². The van der Waals surface area contributed by atoms with Crippen LogP contribution in [0.3, 0.4) is 0 Å². The zero-order valence-electron chi connectivity index (χ0n) is 9.06. The summed E-state index contributed by atoms with van der Waals surface area (Å²) in [5.41, 5.74) is 6.28. The molecule has 0 saturated heterocycles. The minimum atomic E-state index is -3.38. The first-order valence-electron chi connectivity index (χ1n) is 4.50. The molecule has 0 aromatic heterocycles. The van der Waals surface area contributed by atoms with Crippen LogP contribution in [0, 0.1) is 0 Å². The topological polar surface area (TPSA) is 86.5 Å². The molecular formula is C10H13NO4S. The molecule has 0 atom stereocenters. The number of benzene rings is 1. The Morgan fingerprint density at radius 1 is 1.44 bits per heavy atom. The van der Waals surface area contributed by atoms with Crippen LogP contribution in [-0.4, -0.2) is 27.8 Å². The first-order valence-corrected chi connectivity index (χ1v) is 6.39. The van der Waals surface area contributed by atoms with Gasteiger partial charge < -0.3 is 10.5 Å². The zero-order chi connectivity index (χ0) is 12.3. The van der Waals surface area contributed by atoms with Gasteiger partial charge in [0.2, 0.25) is 0 Å². The van der Waals surface area contributed by atoms with Gasteiger partial charge in [0.05, 0.1) is 24.1 Å². The Morgan fingerprint density at radius 3 is 2.56 bits per heavy atom. The molecule has 0 saturated carbocycles. The average molecular weight is 243 g/mol. The lowest BCUT2D eigenvalue weighted by atomic mass is 10.1. The highest BCUT2D eigenvalue weighted by Gasteiger charge is 2.13. The largest absolute Gasteiger partial charge is 0.469 e. The summed E-state index contributed by atoms with van der Waals surface area (Å²) in [6, 6.07) is 4.46. The SMILES string of the molecule is COC(=O)Cc1ccc(N)c(S(C)(=O)=O)c1. The zero-order valence-corrected chi connectivity index (χ0v) is 9.87. The van der Waals surface area contributed by atoms with Gasteiger partial charge in [-0.2, -0.15) is 0 Å². The molecule has 1 aromatic rings. The third-order valence-electron chi connectivity index (χ3n) is 2.05. The van der Waals surface area contributed by atoms with Gasteiger partial charge in [0.1, 0.15) is 0 Å². The molecule has 2 N–H and O–H groups in total. The monoisotopic (exact) mass is 243 g/mol. The fourth-order valence-corrected chi connectivity index (χ4v) is 2.11. The number of hydrogen-bond acceptors (Lipinski definition) is 5. The first kappa shape index (κ1) is 12.5. The Labute approximate surface area is 94.1 Å². The summed E-state index contributed by atoms with van der Waals surface area (Å²) in [5.74, 6) is -0.427. The van der Waals surface area contributed by atoms with E-state index in [0.717, 1.165) is 6.26 Å². The third kappa shape index (κ3) is 2.96. The van der Waals surface area contributed by atoms with Crippen LogP contribution in [0.25, 0.3) is 0 Å². The Hall–Kier alpha value is -1.56. The van der Waals surface area contributed by atoms with E-state index in [-0.39, 0.29) is 17.0 Å². The van der Waals surface area contributed by atoms with Crippen LogP contribution < -0.4 is 5.73 Å². The summed E-state index contributed by atoms with van der Waals surface area (Å²) in [7, 11) is -2.10. The average Bonchev–Trinajstić information content (AvgIpc) is 2.19. The quantitative estimate of drug-likeness (QED) is 0.613. The van der Waals surface area contributed by atoms with Crippen molar-refractivity contribution >= 4 is 21.5 Å². The molecule has 0 heterocycles. The smallest absolute Gasteiger partial charge is 0.309 e. The lowest BCUT2D eigenvalue weighted by Gasteiger charge is -2.06. The number of sulfone groups is 1. The van der Waals surface area contributed by atoms with Gasteiger partial charge in [-0.15, -0.1) is 0 Å². The van der Waals surface area contributed by atoms with Gasteiger partial charge >= 0.3 is 5.97 Å². The molecule has 0 radical (unpaired) electrons. The van der Waals surface area contributed by atoms with E-state index in [9.17, 15) is 13.2 Å². The fraction of sp³-hybridized carbons (Fsp3) is 0.300. The van der Waals surface area contributed by atoms with E-state index in [4.69, 9.17) is 5.73 Å². The lowest BCUT2D eigenvalue weighted by molar-refractivity contribution is -0.139. The fourth-order valence-electron chi connectivity index (χ4n) is 1.25. The second kappa shape index (κ2) is 4.52. The molecule has 6 heteroatoms. The third-order valence-corrected chi connectivity index (χ3v) is 3.21. The van der Waals surface area contributed by atoms with Crippen LogP contribution in [0.15, 0.2) is 23.1 Å². The van der Waals surface area contributed by atoms with Crippen molar-refractivity contribution in [3.8, 4) is 0 Å². The van der Waals surface area contributed by atoms with E-state index in [1.807, 2.05) is 0 Å². The number of hydrogen-bond donors (Lipinski definition) is 1. The highest BCUT2D eigenvalue weighted by molar-refractivity contribution is 7.90. The number of nitrogens with two attached hydrogens (primary N) is 1. The number of nitrogen functional groups attached to an aromatic ring is 1. The molecular weight excluding hydrogens is 230 g/mol. The number of esters is 1. The summed E-state index contributed by atoms with van der Waals surface area (Å²) in [4.78, 5) is 11.1. The molecule has 0 aliphatic heterocycles. The minimum absolute atomic E-state index is 0.0271. The van der Waals surface area contributed by atoms with Crippen molar-refractivity contribution in [2.24, 2.45) is 0 Å². The number of ether oxygens (including phenoxy) is 1. The highest BCUT2D eigenvalue weighted by atomic mass is 32.2. The normalized spacial score (nSPS) is 11.1. The molecule has 0 bridgehead atoms. The van der Waals surface area contributed by atoms with Gasteiger partial charge in [-0.3, -0.25) is 4.79 Å². The lowest BCUT2D eigenvalue weighted by Crippen LogP contribution is -2.07. The van der Waals surface area contributed by atoms with Gasteiger partial charge in [0.25, 0.3) is 0 Å². The molecule has 88 valence electrons. The number of rotatable bonds is 3. The number of carbonyl (C=O) groups is 1. The van der Waals surface area contributed by atoms with E-state index >= 15 is 0 Å². The van der Waals surface area contributed by atoms with Crippen molar-refractivity contribution in [1.82, 2.24) is 0 Å². The van der Waals surface area contributed by atoms with E-state index in [2.05, 4.69) is 4.74 Å². The van der Waals surface area contributed by atoms with E-state index in [1.165, 1.54) is 19.2 Å². The van der Waals surface area contributed by atoms with Gasteiger partial charge in [-0.25, -0.2) is 8.42 Å². The number of methoxy groups -OCH3 is 1. The second-order valence-corrected chi connectivity index (χ2v) is 5.38. The minimum Gasteiger partial charge on any atom is -0.469 e. The predicted molar refractivity (Wildman–Crippen MR) is 59.7 cm³/mol. The summed E-state index contributed by atoms with van der Waals surface area (Å²) in [6.07, 6.45) is 1.10. The molecule has 16 heavy (non-hydrogen) atoms. The van der Waals surface area contributed by atoms with Crippen LogP contribution in [0.4, 0.5) is 5.69 Å². The maximum absolute atomic E-state index is 11.4. The molecule has 1 rings (SSSR count). The molecule has 0 amide bonds. The van der Waals surface area contributed by atoms with Crippen molar-refractivity contribution in [3.05, 3.63) is 23.8 Å². The van der Waals surface area contributed by atoms with Crippen LogP contribution in [0.2, 0.25) is 0 Å². The highest BCUT2D eigenvalue weighted by Crippen LogP contribution is 2.20. The van der Waals surface area contributed by atoms with Crippen molar-refractivity contribution in [3.63, 3.8) is 0 Å². The van der Waals surface area contributed by atoms with Crippen LogP contribution in [0.1, 0.15) is 5.56 Å². The van der Waals surface area contributed by atoms with Gasteiger partial charge in [-0.1, -0.05) is 6.07 Å². The second-order valence-electron chi connectivity index (χ2n) is 3.40. The summed E-state index contributed by atoms with van der Waals surface area (Å²) in [5, 5.41) is 0. The molecule has 0 unspecified atom stereocenters. The predicted octanol–water partition coefficient (Wildman–Crippen LogP) is 0.388. The summed E-state index contributed by atoms with van der Waals surface area (Å²) in [6.45, 7) is 0. The molecule has 0 fully saturated rings. The maximum atomic E-state index is 11.4. The standard InChI is InChI=1S/C10H13NO4S/c1-15-10(12)6-7-3-4-8(11)9(5-7)16(2,13)14/h3-5H,6,11H2,1-2H3. The van der Waals surface area contributed by atoms with Gasteiger partial charge in [0.15, 0.2) is 9.84 Å². The molecule has 5 nitrogen and oxygen atoms in total. The Balaban J connectivity index is 3.13. The molecule has 0 spiro atoms.